The second-order valence-corrected chi connectivity index (χ2v) is 3.58. The van der Waals surface area contributed by atoms with Gasteiger partial charge in [-0.2, -0.15) is 0 Å². The molecule has 0 unspecified atom stereocenters. The van der Waals surface area contributed by atoms with Crippen molar-refractivity contribution >= 4 is 17.5 Å². The van der Waals surface area contributed by atoms with E-state index in [4.69, 9.17) is 10.5 Å². The van der Waals surface area contributed by atoms with Crippen LogP contribution in [0.3, 0.4) is 0 Å². The van der Waals surface area contributed by atoms with Crippen molar-refractivity contribution in [1.29, 1.82) is 0 Å². The van der Waals surface area contributed by atoms with Gasteiger partial charge in [0.2, 0.25) is 5.91 Å². The zero-order valence-corrected chi connectivity index (χ0v) is 8.84. The lowest BCUT2D eigenvalue weighted by atomic mass is 10.2. The third-order valence-corrected chi connectivity index (χ3v) is 2.51. The average Bonchev–Trinajstić information content (AvgIpc) is 2.54. The molecule has 2 amide bonds. The lowest BCUT2D eigenvalue weighted by Crippen LogP contribution is -2.35. The molecule has 5 heteroatoms. The second-order valence-electron chi connectivity index (χ2n) is 3.58. The smallest absolute Gasteiger partial charge is 0.251 e. The molecule has 1 aliphatic heterocycles. The molecule has 0 saturated carbocycles. The SMILES string of the molecule is COc1ccc(N2C(=O)C[C@H](N)C2=O)cc1. The number of nitrogens with zero attached hydrogens (tertiary/aromatic N) is 1. The lowest BCUT2D eigenvalue weighted by molar-refractivity contribution is -0.121. The maximum atomic E-state index is 11.6. The Bertz CT molecular complexity index is 427. The first-order valence-corrected chi connectivity index (χ1v) is 4.90. The number of carbonyl (C=O) groups is 2. The van der Waals surface area contributed by atoms with Crippen LogP contribution in [0.25, 0.3) is 0 Å². The fraction of sp³-hybridized carbons (Fsp3) is 0.273. The summed E-state index contributed by atoms with van der Waals surface area (Å²) in [4.78, 5) is 24.3. The van der Waals surface area contributed by atoms with E-state index < -0.39 is 6.04 Å². The summed E-state index contributed by atoms with van der Waals surface area (Å²) in [6.07, 6.45) is 0.0743. The van der Waals surface area contributed by atoms with E-state index in [0.717, 1.165) is 4.90 Å². The van der Waals surface area contributed by atoms with Crippen LogP contribution in [0.1, 0.15) is 6.42 Å². The van der Waals surface area contributed by atoms with Crippen LogP contribution >= 0.6 is 0 Å². The third kappa shape index (κ3) is 1.65. The standard InChI is InChI=1S/C11H12N2O3/c1-16-8-4-2-7(3-5-8)13-10(14)6-9(12)11(13)15/h2-5,9H,6,12H2,1H3/t9-/m0/s1. The summed E-state index contributed by atoms with van der Waals surface area (Å²) in [5, 5.41) is 0. The van der Waals surface area contributed by atoms with Crippen molar-refractivity contribution in [2.75, 3.05) is 12.0 Å². The van der Waals surface area contributed by atoms with Gasteiger partial charge < -0.3 is 10.5 Å². The van der Waals surface area contributed by atoms with Crippen LogP contribution in [0.5, 0.6) is 5.75 Å². The first-order valence-electron chi connectivity index (χ1n) is 4.90. The topological polar surface area (TPSA) is 72.6 Å². The van der Waals surface area contributed by atoms with Gasteiger partial charge in [-0.3, -0.25) is 9.59 Å². The fourth-order valence-corrected chi connectivity index (χ4v) is 1.66. The molecular formula is C11H12N2O3. The molecule has 84 valence electrons. The number of imide groups is 1. The van der Waals surface area contributed by atoms with Crippen molar-refractivity contribution in [3.8, 4) is 5.75 Å². The highest BCUT2D eigenvalue weighted by Gasteiger charge is 2.37. The van der Waals surface area contributed by atoms with Gasteiger partial charge in [0.25, 0.3) is 5.91 Å². The number of ether oxygens (including phenoxy) is 1. The van der Waals surface area contributed by atoms with Gasteiger partial charge in [0.05, 0.1) is 25.3 Å². The number of hydrogen-bond acceptors (Lipinski definition) is 4. The Balaban J connectivity index is 2.30. The third-order valence-electron chi connectivity index (χ3n) is 2.51. The Morgan fingerprint density at radius 2 is 1.94 bits per heavy atom. The van der Waals surface area contributed by atoms with Crippen molar-refractivity contribution in [3.05, 3.63) is 24.3 Å². The number of nitrogens with two attached hydrogens (primary N) is 1. The molecule has 0 radical (unpaired) electrons. The van der Waals surface area contributed by atoms with Crippen LogP contribution in [0, 0.1) is 0 Å². The molecule has 2 N–H and O–H groups in total. The predicted molar refractivity (Wildman–Crippen MR) is 58.1 cm³/mol. The Morgan fingerprint density at radius 3 is 2.38 bits per heavy atom. The molecule has 0 aromatic heterocycles. The summed E-state index contributed by atoms with van der Waals surface area (Å²) in [5.74, 6) is 0.0602. The van der Waals surface area contributed by atoms with Gasteiger partial charge in [-0.25, -0.2) is 4.90 Å². The molecule has 1 heterocycles. The van der Waals surface area contributed by atoms with Crippen LogP contribution in [0.2, 0.25) is 0 Å². The summed E-state index contributed by atoms with van der Waals surface area (Å²) in [6, 6.07) is 5.99. The molecule has 1 aliphatic rings. The highest BCUT2D eigenvalue weighted by Crippen LogP contribution is 2.24. The molecule has 1 saturated heterocycles. The summed E-state index contributed by atoms with van der Waals surface area (Å²) in [5.41, 5.74) is 6.05. The first kappa shape index (κ1) is 10.6. The quantitative estimate of drug-likeness (QED) is 0.727. The highest BCUT2D eigenvalue weighted by molar-refractivity contribution is 6.22. The molecule has 1 aromatic rings. The summed E-state index contributed by atoms with van der Waals surface area (Å²) in [7, 11) is 1.55. The molecule has 1 aromatic carbocycles. The minimum absolute atomic E-state index is 0.0743. The predicted octanol–water partition coefficient (Wildman–Crippen LogP) is 0.286. The summed E-state index contributed by atoms with van der Waals surface area (Å²) < 4.78 is 4.99. The molecule has 2 rings (SSSR count). The largest absolute Gasteiger partial charge is 0.497 e. The maximum Gasteiger partial charge on any atom is 0.251 e. The Labute approximate surface area is 92.8 Å². The zero-order chi connectivity index (χ0) is 11.7. The number of methoxy groups -OCH3 is 1. The molecule has 0 aliphatic carbocycles. The summed E-state index contributed by atoms with van der Waals surface area (Å²) in [6.45, 7) is 0. The van der Waals surface area contributed by atoms with Gasteiger partial charge in [-0.1, -0.05) is 0 Å². The Morgan fingerprint density at radius 1 is 1.31 bits per heavy atom. The average molecular weight is 220 g/mol. The lowest BCUT2D eigenvalue weighted by Gasteiger charge is -2.14. The van der Waals surface area contributed by atoms with Crippen molar-refractivity contribution in [3.63, 3.8) is 0 Å². The second kappa shape index (κ2) is 3.94. The van der Waals surface area contributed by atoms with Gasteiger partial charge >= 0.3 is 0 Å². The molecule has 16 heavy (non-hydrogen) atoms. The van der Waals surface area contributed by atoms with E-state index in [1.54, 1.807) is 31.4 Å². The fourth-order valence-electron chi connectivity index (χ4n) is 1.66. The van der Waals surface area contributed by atoms with Crippen molar-refractivity contribution in [2.24, 2.45) is 5.73 Å². The zero-order valence-electron chi connectivity index (χ0n) is 8.84. The minimum Gasteiger partial charge on any atom is -0.497 e. The number of rotatable bonds is 2. The number of carbonyl (C=O) groups excluding carboxylic acids is 2. The molecule has 1 fully saturated rings. The van der Waals surface area contributed by atoms with Crippen molar-refractivity contribution in [1.82, 2.24) is 0 Å². The van der Waals surface area contributed by atoms with Gasteiger partial charge in [0.15, 0.2) is 0 Å². The number of hydrogen-bond donors (Lipinski definition) is 1. The van der Waals surface area contributed by atoms with Crippen LogP contribution in [0.4, 0.5) is 5.69 Å². The van der Waals surface area contributed by atoms with E-state index in [2.05, 4.69) is 0 Å². The van der Waals surface area contributed by atoms with E-state index in [9.17, 15) is 9.59 Å². The Hall–Kier alpha value is -1.88. The van der Waals surface area contributed by atoms with Crippen molar-refractivity contribution < 1.29 is 14.3 Å². The van der Waals surface area contributed by atoms with Crippen LogP contribution < -0.4 is 15.4 Å². The van der Waals surface area contributed by atoms with Gasteiger partial charge in [0.1, 0.15) is 5.75 Å². The maximum absolute atomic E-state index is 11.6. The number of benzene rings is 1. The Kier molecular flexibility index (Phi) is 2.62. The normalized spacial score (nSPS) is 20.4. The van der Waals surface area contributed by atoms with E-state index in [1.165, 1.54) is 0 Å². The van der Waals surface area contributed by atoms with Gasteiger partial charge in [-0.15, -0.1) is 0 Å². The van der Waals surface area contributed by atoms with Crippen molar-refractivity contribution in [2.45, 2.75) is 12.5 Å². The van der Waals surface area contributed by atoms with Crippen LogP contribution in [-0.2, 0) is 9.59 Å². The van der Waals surface area contributed by atoms with E-state index in [0.29, 0.717) is 11.4 Å². The van der Waals surface area contributed by atoms with E-state index in [-0.39, 0.29) is 18.2 Å². The number of anilines is 1. The van der Waals surface area contributed by atoms with E-state index in [1.807, 2.05) is 0 Å². The highest BCUT2D eigenvalue weighted by atomic mass is 16.5. The van der Waals surface area contributed by atoms with Gasteiger partial charge in [-0.05, 0) is 24.3 Å². The summed E-state index contributed by atoms with van der Waals surface area (Å²) >= 11 is 0. The minimum atomic E-state index is -0.713. The molecule has 5 nitrogen and oxygen atoms in total. The van der Waals surface area contributed by atoms with E-state index >= 15 is 0 Å². The molecule has 0 spiro atoms. The monoisotopic (exact) mass is 220 g/mol. The van der Waals surface area contributed by atoms with Crippen LogP contribution in [0.15, 0.2) is 24.3 Å². The van der Waals surface area contributed by atoms with Crippen LogP contribution in [-0.4, -0.2) is 25.0 Å². The molecule has 1 atom stereocenters. The molecule has 0 bridgehead atoms. The first-order chi connectivity index (χ1) is 7.63. The van der Waals surface area contributed by atoms with Gasteiger partial charge in [0, 0.05) is 0 Å². The number of amides is 2. The molecular weight excluding hydrogens is 208 g/mol.